The van der Waals surface area contributed by atoms with Crippen LogP contribution >= 0.6 is 11.6 Å². The van der Waals surface area contributed by atoms with Crippen molar-refractivity contribution in [2.75, 3.05) is 0 Å². The molecule has 74 valence electrons. The molecule has 0 amide bonds. The van der Waals surface area contributed by atoms with Gasteiger partial charge in [0, 0.05) is 5.56 Å². The fourth-order valence-corrected chi connectivity index (χ4v) is 1.09. The smallest absolute Gasteiger partial charge is 0.265 e. The molecule has 1 aromatic heterocycles. The molecule has 14 heavy (non-hydrogen) atoms. The maximum absolute atomic E-state index is 12.4. The molecule has 0 unspecified atom stereocenters. The molecule has 0 aliphatic rings. The molecule has 1 N–H and O–H groups in total. The number of alkyl halides is 2. The SMILES string of the molecule is N#CCc1nc(Cl)c(O)cc1C(F)F. The summed E-state index contributed by atoms with van der Waals surface area (Å²) in [7, 11) is 0. The summed E-state index contributed by atoms with van der Waals surface area (Å²) in [5, 5.41) is 17.1. The van der Waals surface area contributed by atoms with Crippen LogP contribution in [0.3, 0.4) is 0 Å². The first-order valence-corrected chi connectivity index (χ1v) is 3.97. The van der Waals surface area contributed by atoms with E-state index >= 15 is 0 Å². The summed E-state index contributed by atoms with van der Waals surface area (Å²) in [4.78, 5) is 3.50. The van der Waals surface area contributed by atoms with E-state index in [9.17, 15) is 8.78 Å². The van der Waals surface area contributed by atoms with Crippen LogP contribution < -0.4 is 0 Å². The van der Waals surface area contributed by atoms with E-state index in [1.165, 1.54) is 0 Å². The van der Waals surface area contributed by atoms with Crippen molar-refractivity contribution in [3.8, 4) is 11.8 Å². The molecule has 0 saturated carbocycles. The van der Waals surface area contributed by atoms with Crippen molar-refractivity contribution in [1.29, 1.82) is 5.26 Å². The van der Waals surface area contributed by atoms with E-state index in [0.717, 1.165) is 6.07 Å². The Morgan fingerprint density at radius 3 is 2.79 bits per heavy atom. The lowest BCUT2D eigenvalue weighted by atomic mass is 10.1. The van der Waals surface area contributed by atoms with Crippen LogP contribution in [0.15, 0.2) is 6.07 Å². The highest BCUT2D eigenvalue weighted by molar-refractivity contribution is 6.30. The number of hydrogen-bond donors (Lipinski definition) is 1. The average Bonchev–Trinajstić information content (AvgIpc) is 2.11. The van der Waals surface area contributed by atoms with Crippen molar-refractivity contribution in [2.45, 2.75) is 12.8 Å². The molecule has 0 aromatic carbocycles. The van der Waals surface area contributed by atoms with E-state index in [1.807, 2.05) is 0 Å². The molecular formula is C8H5ClF2N2O. The lowest BCUT2D eigenvalue weighted by Crippen LogP contribution is -1.98. The second-order valence-corrected chi connectivity index (χ2v) is 2.83. The number of nitrogens with zero attached hydrogens (tertiary/aromatic N) is 2. The normalized spacial score (nSPS) is 10.2. The topological polar surface area (TPSA) is 56.9 Å². The quantitative estimate of drug-likeness (QED) is 0.776. The molecule has 1 aromatic rings. The zero-order chi connectivity index (χ0) is 10.7. The van der Waals surface area contributed by atoms with Crippen molar-refractivity contribution in [2.24, 2.45) is 0 Å². The first-order valence-electron chi connectivity index (χ1n) is 3.59. The van der Waals surface area contributed by atoms with Gasteiger partial charge in [-0.05, 0) is 6.07 Å². The fraction of sp³-hybridized carbons (Fsp3) is 0.250. The van der Waals surface area contributed by atoms with Crippen LogP contribution in [-0.2, 0) is 6.42 Å². The minimum atomic E-state index is -2.78. The maximum atomic E-state index is 12.4. The van der Waals surface area contributed by atoms with Crippen LogP contribution in [0.4, 0.5) is 8.78 Å². The Balaban J connectivity index is 3.25. The second kappa shape index (κ2) is 4.20. The van der Waals surface area contributed by atoms with Crippen LogP contribution in [-0.4, -0.2) is 10.1 Å². The van der Waals surface area contributed by atoms with Gasteiger partial charge < -0.3 is 5.11 Å². The highest BCUT2D eigenvalue weighted by Gasteiger charge is 2.17. The average molecular weight is 219 g/mol. The van der Waals surface area contributed by atoms with E-state index in [-0.39, 0.29) is 17.3 Å². The van der Waals surface area contributed by atoms with Gasteiger partial charge >= 0.3 is 0 Å². The van der Waals surface area contributed by atoms with Crippen molar-refractivity contribution in [3.63, 3.8) is 0 Å². The Hall–Kier alpha value is -1.41. The van der Waals surface area contributed by atoms with E-state index in [1.54, 1.807) is 6.07 Å². The van der Waals surface area contributed by atoms with Gasteiger partial charge in [-0.3, -0.25) is 0 Å². The predicted molar refractivity (Wildman–Crippen MR) is 45.2 cm³/mol. The Morgan fingerprint density at radius 1 is 1.64 bits per heavy atom. The van der Waals surface area contributed by atoms with Crippen LogP contribution in [0.5, 0.6) is 5.75 Å². The van der Waals surface area contributed by atoms with Crippen molar-refractivity contribution >= 4 is 11.6 Å². The van der Waals surface area contributed by atoms with Crippen molar-refractivity contribution in [1.82, 2.24) is 4.98 Å². The number of aromatic nitrogens is 1. The molecule has 3 nitrogen and oxygen atoms in total. The second-order valence-electron chi connectivity index (χ2n) is 2.47. The lowest BCUT2D eigenvalue weighted by molar-refractivity contribution is 0.149. The third-order valence-electron chi connectivity index (χ3n) is 1.55. The molecule has 0 spiro atoms. The summed E-state index contributed by atoms with van der Waals surface area (Å²) in [6.45, 7) is 0. The van der Waals surface area contributed by atoms with Gasteiger partial charge in [0.2, 0.25) is 0 Å². The minimum absolute atomic E-state index is 0.106. The third kappa shape index (κ3) is 2.09. The molecule has 1 rings (SSSR count). The highest BCUT2D eigenvalue weighted by Crippen LogP contribution is 2.29. The number of aromatic hydroxyl groups is 1. The van der Waals surface area contributed by atoms with Gasteiger partial charge in [-0.15, -0.1) is 0 Å². The molecule has 6 heteroatoms. The number of halogens is 3. The molecule has 0 fully saturated rings. The van der Waals surface area contributed by atoms with Gasteiger partial charge in [-0.2, -0.15) is 5.26 Å². The van der Waals surface area contributed by atoms with Crippen molar-refractivity contribution < 1.29 is 13.9 Å². The summed E-state index contributed by atoms with van der Waals surface area (Å²) < 4.78 is 24.7. The predicted octanol–water partition coefficient (Wildman–Crippen LogP) is 2.44. The van der Waals surface area contributed by atoms with E-state index in [4.69, 9.17) is 22.0 Å². The molecular weight excluding hydrogens is 214 g/mol. The summed E-state index contributed by atoms with van der Waals surface area (Å²) in [6, 6.07) is 2.52. The molecule has 0 aliphatic carbocycles. The standard InChI is InChI=1S/C8H5ClF2N2O/c9-7-6(14)3-4(8(10)11)5(13-7)1-2-12/h3,8,14H,1H2. The van der Waals surface area contributed by atoms with Gasteiger partial charge in [0.25, 0.3) is 6.43 Å². The number of rotatable bonds is 2. The minimum Gasteiger partial charge on any atom is -0.505 e. The van der Waals surface area contributed by atoms with E-state index < -0.39 is 17.7 Å². The molecule has 0 atom stereocenters. The summed E-state index contributed by atoms with van der Waals surface area (Å²) in [5.41, 5.74) is -0.571. The summed E-state index contributed by atoms with van der Waals surface area (Å²) >= 11 is 5.41. The van der Waals surface area contributed by atoms with Crippen LogP contribution in [0.2, 0.25) is 5.15 Å². The van der Waals surface area contributed by atoms with Gasteiger partial charge in [0.05, 0.1) is 18.2 Å². The molecule has 0 radical (unpaired) electrons. The maximum Gasteiger partial charge on any atom is 0.265 e. The third-order valence-corrected chi connectivity index (χ3v) is 1.83. The molecule has 0 aliphatic heterocycles. The zero-order valence-electron chi connectivity index (χ0n) is 6.84. The summed E-state index contributed by atoms with van der Waals surface area (Å²) in [6.07, 6.45) is -3.05. The lowest BCUT2D eigenvalue weighted by Gasteiger charge is -2.06. The number of nitriles is 1. The van der Waals surface area contributed by atoms with E-state index in [0.29, 0.717) is 0 Å². The Kier molecular flexibility index (Phi) is 3.20. The van der Waals surface area contributed by atoms with Crippen LogP contribution in [0, 0.1) is 11.3 Å². The molecule has 1 heterocycles. The zero-order valence-corrected chi connectivity index (χ0v) is 7.59. The van der Waals surface area contributed by atoms with Gasteiger partial charge in [-0.1, -0.05) is 11.6 Å². The van der Waals surface area contributed by atoms with Gasteiger partial charge in [0.1, 0.15) is 0 Å². The first-order chi connectivity index (χ1) is 6.56. The van der Waals surface area contributed by atoms with E-state index in [2.05, 4.69) is 4.98 Å². The van der Waals surface area contributed by atoms with Gasteiger partial charge in [-0.25, -0.2) is 13.8 Å². The largest absolute Gasteiger partial charge is 0.505 e. The monoisotopic (exact) mass is 218 g/mol. The summed E-state index contributed by atoms with van der Waals surface area (Å²) in [5.74, 6) is -0.511. The Morgan fingerprint density at radius 2 is 2.29 bits per heavy atom. The highest BCUT2D eigenvalue weighted by atomic mass is 35.5. The van der Waals surface area contributed by atoms with Crippen molar-refractivity contribution in [3.05, 3.63) is 22.5 Å². The van der Waals surface area contributed by atoms with Gasteiger partial charge in [0.15, 0.2) is 10.9 Å². The Bertz CT molecular complexity index is 390. The number of hydrogen-bond acceptors (Lipinski definition) is 3. The fourth-order valence-electron chi connectivity index (χ4n) is 0.936. The van der Waals surface area contributed by atoms with Crippen LogP contribution in [0.25, 0.3) is 0 Å². The Labute approximate surface area is 83.6 Å². The number of pyridine rings is 1. The molecule has 0 bridgehead atoms. The van der Waals surface area contributed by atoms with Crippen LogP contribution in [0.1, 0.15) is 17.7 Å². The molecule has 0 saturated heterocycles. The first kappa shape index (κ1) is 10.7.